The minimum absolute atomic E-state index is 0.121. The second-order valence-corrected chi connectivity index (χ2v) is 13.0. The van der Waals surface area contributed by atoms with Crippen molar-refractivity contribution in [3.05, 3.63) is 66.2 Å². The zero-order chi connectivity index (χ0) is 28.6. The van der Waals surface area contributed by atoms with Crippen molar-refractivity contribution >= 4 is 26.9 Å². The van der Waals surface area contributed by atoms with Crippen molar-refractivity contribution in [1.82, 2.24) is 24.5 Å². The molecule has 3 aliphatic rings. The maximum atomic E-state index is 11.5. The lowest BCUT2D eigenvalue weighted by molar-refractivity contribution is -0.00876. The first-order valence-electron chi connectivity index (χ1n) is 13.6. The molecule has 0 spiro atoms. The molecule has 0 amide bonds. The van der Waals surface area contributed by atoms with Crippen LogP contribution in [0.3, 0.4) is 0 Å². The molecule has 11 nitrogen and oxygen atoms in total. The van der Waals surface area contributed by atoms with E-state index in [4.69, 9.17) is 9.72 Å². The van der Waals surface area contributed by atoms with Crippen molar-refractivity contribution in [2.75, 3.05) is 49.0 Å². The summed E-state index contributed by atoms with van der Waals surface area (Å²) in [4.78, 5) is 14.1. The van der Waals surface area contributed by atoms with E-state index in [9.17, 15) is 13.7 Å². The number of anilines is 2. The zero-order valence-electron chi connectivity index (χ0n) is 23.1. The summed E-state index contributed by atoms with van der Waals surface area (Å²) in [7, 11) is -1.39. The van der Waals surface area contributed by atoms with Crippen molar-refractivity contribution in [2.45, 2.75) is 31.5 Å². The number of hydrogen-bond donors (Lipinski definition) is 1. The number of ether oxygens (including phenoxy) is 1. The van der Waals surface area contributed by atoms with E-state index in [0.29, 0.717) is 42.0 Å². The number of nitrogens with zero attached hydrogens (tertiary/aromatic N) is 7. The van der Waals surface area contributed by atoms with E-state index in [-0.39, 0.29) is 5.75 Å². The fourth-order valence-corrected chi connectivity index (χ4v) is 6.46. The normalized spacial score (nSPS) is 18.6. The lowest BCUT2D eigenvalue weighted by Crippen LogP contribution is -2.68. The molecular weight excluding hydrogens is 540 g/mol. The van der Waals surface area contributed by atoms with Crippen molar-refractivity contribution in [1.29, 1.82) is 5.26 Å². The molecule has 2 unspecified atom stereocenters. The maximum absolute atomic E-state index is 11.5. The molecule has 41 heavy (non-hydrogen) atoms. The molecule has 212 valence electrons. The van der Waals surface area contributed by atoms with Gasteiger partial charge in [-0.25, -0.2) is 22.9 Å². The summed E-state index contributed by atoms with van der Waals surface area (Å²) in [6.07, 6.45) is 10.0. The Balaban J connectivity index is 1.16. The number of methoxy groups -OCH3 is 1. The Morgan fingerprint density at radius 3 is 2.61 bits per heavy atom. The standard InChI is InChI=1S/C29H32N8O3S/c1-40-28-7-4-20(13-33-28)16-36-24-11-25(36)19-35(18-24)27-6-5-21(14-32-27)26-10-23(31-8-3-9-41(2,38)39)17-37-29(26)22(12-30)15-34-37/h4-7,10,13-15,17,24-25,31H,3,8-9,11,16,18-19H2,1-2H3. The lowest BCUT2D eigenvalue weighted by atomic mass is 9.87. The predicted octanol–water partition coefficient (Wildman–Crippen LogP) is 2.98. The molecule has 2 bridgehead atoms. The van der Waals surface area contributed by atoms with E-state index in [1.165, 1.54) is 18.2 Å². The van der Waals surface area contributed by atoms with Gasteiger partial charge in [-0.1, -0.05) is 6.07 Å². The van der Waals surface area contributed by atoms with E-state index in [0.717, 1.165) is 42.3 Å². The number of nitrogens with one attached hydrogen (secondary N) is 1. The van der Waals surface area contributed by atoms with Crippen LogP contribution in [0.4, 0.5) is 11.5 Å². The predicted molar refractivity (Wildman–Crippen MR) is 157 cm³/mol. The first kappa shape index (κ1) is 27.0. The minimum Gasteiger partial charge on any atom is -0.481 e. The van der Waals surface area contributed by atoms with Gasteiger partial charge in [0.2, 0.25) is 5.88 Å². The lowest BCUT2D eigenvalue weighted by Gasteiger charge is -2.56. The summed E-state index contributed by atoms with van der Waals surface area (Å²) in [6, 6.07) is 13.2. The summed E-state index contributed by atoms with van der Waals surface area (Å²) < 4.78 is 29.8. The van der Waals surface area contributed by atoms with E-state index in [1.807, 2.05) is 42.9 Å². The van der Waals surface area contributed by atoms with Crippen molar-refractivity contribution in [3.63, 3.8) is 0 Å². The topological polar surface area (TPSA) is 129 Å². The molecule has 0 aromatic carbocycles. The third-order valence-electron chi connectivity index (χ3n) is 7.85. The molecule has 4 aromatic rings. The fraction of sp³-hybridized carbons (Fsp3) is 0.379. The Hall–Kier alpha value is -4.21. The van der Waals surface area contributed by atoms with Crippen LogP contribution in [-0.4, -0.2) is 83.7 Å². The third kappa shape index (κ3) is 5.68. The third-order valence-corrected chi connectivity index (χ3v) is 8.88. The summed E-state index contributed by atoms with van der Waals surface area (Å²) in [5, 5.41) is 17.3. The van der Waals surface area contributed by atoms with Gasteiger partial charge in [0.25, 0.3) is 0 Å². The number of piperazine rings is 1. The van der Waals surface area contributed by atoms with Crippen LogP contribution in [-0.2, 0) is 16.4 Å². The molecular formula is C29H32N8O3S. The van der Waals surface area contributed by atoms with Crippen LogP contribution >= 0.6 is 0 Å². The van der Waals surface area contributed by atoms with Gasteiger partial charge in [0.15, 0.2) is 0 Å². The first-order chi connectivity index (χ1) is 19.8. The molecule has 0 saturated carbocycles. The van der Waals surface area contributed by atoms with Crippen LogP contribution in [0.15, 0.2) is 55.1 Å². The minimum atomic E-state index is -3.01. The van der Waals surface area contributed by atoms with Crippen LogP contribution in [0.25, 0.3) is 16.6 Å². The Morgan fingerprint density at radius 1 is 1.12 bits per heavy atom. The number of piperidine rings is 1. The summed E-state index contributed by atoms with van der Waals surface area (Å²) in [5.74, 6) is 1.69. The molecule has 0 radical (unpaired) electrons. The van der Waals surface area contributed by atoms with Gasteiger partial charge in [0, 0.05) is 74.1 Å². The number of sulfone groups is 1. The van der Waals surface area contributed by atoms with Gasteiger partial charge >= 0.3 is 0 Å². The van der Waals surface area contributed by atoms with Crippen molar-refractivity contribution < 1.29 is 13.2 Å². The number of aromatic nitrogens is 4. The van der Waals surface area contributed by atoms with Crippen LogP contribution in [0.1, 0.15) is 24.0 Å². The maximum Gasteiger partial charge on any atom is 0.212 e. The Labute approximate surface area is 239 Å². The highest BCUT2D eigenvalue weighted by molar-refractivity contribution is 7.90. The molecule has 4 aromatic heterocycles. The highest BCUT2D eigenvalue weighted by Gasteiger charge is 2.44. The number of hydrogen-bond acceptors (Lipinski definition) is 10. The van der Waals surface area contributed by atoms with Crippen LogP contribution in [0.5, 0.6) is 5.88 Å². The second kappa shape index (κ2) is 11.0. The molecule has 7 rings (SSSR count). The van der Waals surface area contributed by atoms with Gasteiger partial charge in [-0.3, -0.25) is 4.90 Å². The number of rotatable bonds is 10. The number of fused-ring (bicyclic) bond motifs is 3. The Bertz CT molecular complexity index is 1690. The summed E-state index contributed by atoms with van der Waals surface area (Å²) >= 11 is 0. The van der Waals surface area contributed by atoms with Gasteiger partial charge in [-0.15, -0.1) is 0 Å². The second-order valence-electron chi connectivity index (χ2n) is 10.8. The molecule has 7 heterocycles. The fourth-order valence-electron chi connectivity index (χ4n) is 5.79. The average molecular weight is 573 g/mol. The molecule has 1 N–H and O–H groups in total. The SMILES string of the molecule is COc1ccc(CN2C3CC2CN(c2ccc(-c4cc(NCCCS(C)(=O)=O)cn5ncc(C#N)c45)cn2)C3)cn1. The smallest absolute Gasteiger partial charge is 0.212 e. The van der Waals surface area contributed by atoms with Crippen LogP contribution in [0.2, 0.25) is 0 Å². The highest BCUT2D eigenvalue weighted by Crippen LogP contribution is 2.36. The molecule has 3 saturated heterocycles. The summed E-state index contributed by atoms with van der Waals surface area (Å²) in [6.45, 7) is 3.23. The van der Waals surface area contributed by atoms with Gasteiger partial charge in [-0.2, -0.15) is 10.4 Å². The Morgan fingerprint density at radius 2 is 1.95 bits per heavy atom. The van der Waals surface area contributed by atoms with E-state index in [2.05, 4.69) is 37.3 Å². The number of nitriles is 1. The van der Waals surface area contributed by atoms with Crippen molar-refractivity contribution in [2.24, 2.45) is 0 Å². The molecule has 3 aliphatic heterocycles. The Kier molecular flexibility index (Phi) is 7.23. The largest absolute Gasteiger partial charge is 0.481 e. The average Bonchev–Trinajstić information content (AvgIpc) is 3.41. The summed E-state index contributed by atoms with van der Waals surface area (Å²) in [5.41, 5.74) is 4.90. The molecule has 3 fully saturated rings. The quantitative estimate of drug-likeness (QED) is 0.283. The zero-order valence-corrected chi connectivity index (χ0v) is 23.9. The molecule has 12 heteroatoms. The van der Waals surface area contributed by atoms with Gasteiger partial charge in [0.05, 0.1) is 42.0 Å². The molecule has 0 aliphatic carbocycles. The van der Waals surface area contributed by atoms with Crippen molar-refractivity contribution in [3.8, 4) is 23.1 Å². The number of pyridine rings is 3. The van der Waals surface area contributed by atoms with Crippen LogP contribution < -0.4 is 15.0 Å². The van der Waals surface area contributed by atoms with E-state index in [1.54, 1.807) is 17.8 Å². The monoisotopic (exact) mass is 572 g/mol. The van der Waals surface area contributed by atoms with Gasteiger partial charge in [0.1, 0.15) is 21.7 Å². The van der Waals surface area contributed by atoms with Crippen LogP contribution in [0, 0.1) is 11.3 Å². The molecule has 2 atom stereocenters. The van der Waals surface area contributed by atoms with E-state index < -0.39 is 9.84 Å². The van der Waals surface area contributed by atoms with Gasteiger partial charge < -0.3 is 15.0 Å². The van der Waals surface area contributed by atoms with E-state index >= 15 is 0 Å². The van der Waals surface area contributed by atoms with Gasteiger partial charge in [-0.05, 0) is 36.6 Å². The first-order valence-corrected chi connectivity index (χ1v) is 15.7. The highest BCUT2D eigenvalue weighted by atomic mass is 32.2.